The first-order chi connectivity index (χ1) is 9.78. The number of H-pyrrole nitrogens is 1. The number of nitrogens with zero attached hydrogens (tertiary/aromatic N) is 1. The van der Waals surface area contributed by atoms with Crippen LogP contribution in [0.5, 0.6) is 0 Å². The number of aromatic amines is 1. The fraction of sp³-hybridized carbons (Fsp3) is 0.0625. The summed E-state index contributed by atoms with van der Waals surface area (Å²) in [5.41, 5.74) is 3.51. The van der Waals surface area contributed by atoms with Crippen LogP contribution in [0.3, 0.4) is 0 Å². The summed E-state index contributed by atoms with van der Waals surface area (Å²) in [5.74, 6) is 0. The van der Waals surface area contributed by atoms with E-state index in [-0.39, 0.29) is 0 Å². The topological polar surface area (TPSA) is 51.6 Å². The number of fused-ring (bicyclic) bond motifs is 1. The zero-order valence-electron chi connectivity index (χ0n) is 10.7. The van der Waals surface area contributed by atoms with Gasteiger partial charge in [0.1, 0.15) is 0 Å². The van der Waals surface area contributed by atoms with Gasteiger partial charge in [0.15, 0.2) is 0 Å². The van der Waals surface area contributed by atoms with Crippen LogP contribution in [0.15, 0.2) is 48.5 Å². The van der Waals surface area contributed by atoms with Crippen LogP contribution < -0.4 is 5.32 Å². The van der Waals surface area contributed by atoms with Gasteiger partial charge in [-0.2, -0.15) is 5.26 Å². The maximum absolute atomic E-state index is 8.88. The van der Waals surface area contributed by atoms with E-state index in [0.717, 1.165) is 27.3 Å². The number of nitrogens with one attached hydrogen (secondary N) is 2. The van der Waals surface area contributed by atoms with Crippen molar-refractivity contribution in [2.24, 2.45) is 0 Å². The third kappa shape index (κ3) is 2.34. The SMILES string of the molecule is N#Cc1cccc(NCc2[nH]c3ccccc3c2Cl)c1. The van der Waals surface area contributed by atoms with Crippen molar-refractivity contribution in [3.8, 4) is 6.07 Å². The molecule has 1 heterocycles. The fourth-order valence-electron chi connectivity index (χ4n) is 2.17. The van der Waals surface area contributed by atoms with Crippen molar-refractivity contribution in [3.63, 3.8) is 0 Å². The minimum absolute atomic E-state index is 0.586. The highest BCUT2D eigenvalue weighted by Gasteiger charge is 2.08. The molecule has 0 atom stereocenters. The molecule has 0 aliphatic heterocycles. The molecule has 0 spiro atoms. The lowest BCUT2D eigenvalue weighted by atomic mass is 10.2. The molecule has 0 saturated heterocycles. The minimum Gasteiger partial charge on any atom is -0.379 e. The summed E-state index contributed by atoms with van der Waals surface area (Å²) in [6, 6.07) is 17.4. The maximum Gasteiger partial charge on any atom is 0.0992 e. The van der Waals surface area contributed by atoms with Crippen molar-refractivity contribution >= 4 is 28.2 Å². The number of aromatic nitrogens is 1. The second-order valence-corrected chi connectivity index (χ2v) is 4.89. The van der Waals surface area contributed by atoms with E-state index >= 15 is 0 Å². The molecule has 0 aliphatic carbocycles. The first-order valence-corrected chi connectivity index (χ1v) is 6.65. The van der Waals surface area contributed by atoms with E-state index in [2.05, 4.69) is 16.4 Å². The van der Waals surface area contributed by atoms with Gasteiger partial charge >= 0.3 is 0 Å². The molecule has 0 saturated carbocycles. The normalized spacial score (nSPS) is 10.4. The van der Waals surface area contributed by atoms with Crippen LogP contribution in [0, 0.1) is 11.3 Å². The molecule has 0 radical (unpaired) electrons. The molecule has 20 heavy (non-hydrogen) atoms. The number of anilines is 1. The smallest absolute Gasteiger partial charge is 0.0992 e. The second-order valence-electron chi connectivity index (χ2n) is 4.51. The van der Waals surface area contributed by atoms with Gasteiger partial charge in [0.2, 0.25) is 0 Å². The first kappa shape index (κ1) is 12.6. The average molecular weight is 282 g/mol. The van der Waals surface area contributed by atoms with Gasteiger partial charge in [0, 0.05) is 16.6 Å². The number of benzene rings is 2. The average Bonchev–Trinajstić information content (AvgIpc) is 2.82. The number of hydrogen-bond acceptors (Lipinski definition) is 2. The fourth-order valence-corrected chi connectivity index (χ4v) is 2.45. The largest absolute Gasteiger partial charge is 0.379 e. The van der Waals surface area contributed by atoms with Crippen molar-refractivity contribution in [1.82, 2.24) is 4.98 Å². The third-order valence-corrected chi connectivity index (χ3v) is 3.61. The van der Waals surface area contributed by atoms with Crippen molar-refractivity contribution in [3.05, 3.63) is 64.8 Å². The molecule has 0 fully saturated rings. The maximum atomic E-state index is 8.88. The molecule has 98 valence electrons. The Morgan fingerprint density at radius 1 is 1.15 bits per heavy atom. The van der Waals surface area contributed by atoms with Gasteiger partial charge in [0.05, 0.1) is 28.9 Å². The molecule has 2 N–H and O–H groups in total. The molecule has 3 nitrogen and oxygen atoms in total. The van der Waals surface area contributed by atoms with Crippen molar-refractivity contribution in [2.45, 2.75) is 6.54 Å². The zero-order chi connectivity index (χ0) is 13.9. The van der Waals surface area contributed by atoms with Crippen molar-refractivity contribution in [2.75, 3.05) is 5.32 Å². The molecule has 0 bridgehead atoms. The van der Waals surface area contributed by atoms with E-state index in [1.54, 1.807) is 6.07 Å². The zero-order valence-corrected chi connectivity index (χ0v) is 11.4. The number of rotatable bonds is 3. The Morgan fingerprint density at radius 2 is 2.00 bits per heavy atom. The lowest BCUT2D eigenvalue weighted by molar-refractivity contribution is 1.08. The summed E-state index contributed by atoms with van der Waals surface area (Å²) in [5, 5.41) is 13.9. The van der Waals surface area contributed by atoms with Crippen LogP contribution in [-0.4, -0.2) is 4.98 Å². The van der Waals surface area contributed by atoms with Gasteiger partial charge in [-0.25, -0.2) is 0 Å². The van der Waals surface area contributed by atoms with Gasteiger partial charge in [-0.15, -0.1) is 0 Å². The highest BCUT2D eigenvalue weighted by atomic mass is 35.5. The van der Waals surface area contributed by atoms with E-state index in [9.17, 15) is 0 Å². The van der Waals surface area contributed by atoms with Crippen LogP contribution in [0.4, 0.5) is 5.69 Å². The molecular formula is C16H12ClN3. The van der Waals surface area contributed by atoms with Crippen LogP contribution in [0.2, 0.25) is 5.02 Å². The molecule has 0 aliphatic rings. The summed E-state index contributed by atoms with van der Waals surface area (Å²) in [7, 11) is 0. The van der Waals surface area contributed by atoms with Gasteiger partial charge in [-0.05, 0) is 24.3 Å². The number of nitriles is 1. The van der Waals surface area contributed by atoms with Gasteiger partial charge in [-0.3, -0.25) is 0 Å². The molecule has 0 amide bonds. The number of halogens is 1. The van der Waals surface area contributed by atoms with E-state index in [4.69, 9.17) is 16.9 Å². The van der Waals surface area contributed by atoms with E-state index < -0.39 is 0 Å². The summed E-state index contributed by atoms with van der Waals surface area (Å²) in [4.78, 5) is 3.30. The first-order valence-electron chi connectivity index (χ1n) is 6.27. The third-order valence-electron chi connectivity index (χ3n) is 3.18. The van der Waals surface area contributed by atoms with Gasteiger partial charge in [-0.1, -0.05) is 35.9 Å². The highest BCUT2D eigenvalue weighted by molar-refractivity contribution is 6.36. The minimum atomic E-state index is 0.586. The Bertz CT molecular complexity index is 799. The summed E-state index contributed by atoms with van der Waals surface area (Å²) in [6.07, 6.45) is 0. The quantitative estimate of drug-likeness (QED) is 0.752. The van der Waals surface area contributed by atoms with Gasteiger partial charge < -0.3 is 10.3 Å². The van der Waals surface area contributed by atoms with Crippen molar-refractivity contribution < 1.29 is 0 Å². The molecular weight excluding hydrogens is 270 g/mol. The Hall–Kier alpha value is -2.44. The molecule has 0 unspecified atom stereocenters. The van der Waals surface area contributed by atoms with Crippen LogP contribution >= 0.6 is 11.6 Å². The van der Waals surface area contributed by atoms with Gasteiger partial charge in [0.25, 0.3) is 0 Å². The standard InChI is InChI=1S/C16H12ClN3/c17-16-13-6-1-2-7-14(13)20-15(16)10-19-12-5-3-4-11(8-12)9-18/h1-8,19-20H,10H2. The van der Waals surface area contributed by atoms with Crippen LogP contribution in [0.1, 0.15) is 11.3 Å². The predicted octanol–water partition coefficient (Wildman–Crippen LogP) is 4.31. The van der Waals surface area contributed by atoms with Crippen LogP contribution in [0.25, 0.3) is 10.9 Å². The molecule has 3 rings (SSSR count). The monoisotopic (exact) mass is 281 g/mol. The lowest BCUT2D eigenvalue weighted by Crippen LogP contribution is -2.00. The highest BCUT2D eigenvalue weighted by Crippen LogP contribution is 2.27. The Kier molecular flexibility index (Phi) is 3.32. The molecule has 4 heteroatoms. The number of para-hydroxylation sites is 1. The Morgan fingerprint density at radius 3 is 2.80 bits per heavy atom. The van der Waals surface area contributed by atoms with E-state index in [0.29, 0.717) is 12.1 Å². The Labute approximate surface area is 121 Å². The molecule has 1 aromatic heterocycles. The van der Waals surface area contributed by atoms with Crippen molar-refractivity contribution in [1.29, 1.82) is 5.26 Å². The summed E-state index contributed by atoms with van der Waals surface area (Å²) >= 11 is 6.36. The van der Waals surface area contributed by atoms with Crippen LogP contribution in [-0.2, 0) is 6.54 Å². The van der Waals surface area contributed by atoms with E-state index in [1.165, 1.54) is 0 Å². The Balaban J connectivity index is 1.83. The van der Waals surface area contributed by atoms with E-state index in [1.807, 2.05) is 42.5 Å². The predicted molar refractivity (Wildman–Crippen MR) is 81.8 cm³/mol. The molecule has 3 aromatic rings. The molecule has 2 aromatic carbocycles. The second kappa shape index (κ2) is 5.28. The lowest BCUT2D eigenvalue weighted by Gasteiger charge is -2.05. The number of hydrogen-bond donors (Lipinski definition) is 2. The summed E-state index contributed by atoms with van der Waals surface area (Å²) < 4.78 is 0. The summed E-state index contributed by atoms with van der Waals surface area (Å²) in [6.45, 7) is 0.586.